The molecular weight excluding hydrogens is 308 g/mol. The van der Waals surface area contributed by atoms with Crippen LogP contribution in [0.1, 0.15) is 10.5 Å². The number of ether oxygens (including phenoxy) is 1. The highest BCUT2D eigenvalue weighted by molar-refractivity contribution is 5.96. The van der Waals surface area contributed by atoms with Gasteiger partial charge in [-0.15, -0.1) is 0 Å². The smallest absolute Gasteiger partial charge is 0.271 e. The van der Waals surface area contributed by atoms with Gasteiger partial charge in [0.2, 0.25) is 0 Å². The molecule has 2 rings (SSSR count). The molecule has 0 unspecified atom stereocenters. The third-order valence-corrected chi connectivity index (χ3v) is 3.20. The number of nitrogens with zero attached hydrogens (tertiary/aromatic N) is 3. The van der Waals surface area contributed by atoms with Crippen LogP contribution in [0.5, 0.6) is 5.75 Å². The van der Waals surface area contributed by atoms with E-state index < -0.39 is 5.91 Å². The lowest BCUT2D eigenvalue weighted by Crippen LogP contribution is -2.22. The van der Waals surface area contributed by atoms with Crippen LogP contribution in [0.3, 0.4) is 0 Å². The summed E-state index contributed by atoms with van der Waals surface area (Å²) in [5, 5.41) is 6.22. The first kappa shape index (κ1) is 17.5. The molecule has 0 aliphatic heterocycles. The third kappa shape index (κ3) is 4.82. The highest BCUT2D eigenvalue weighted by Crippen LogP contribution is 2.22. The summed E-state index contributed by atoms with van der Waals surface area (Å²) in [6.45, 7) is 1.55. The van der Waals surface area contributed by atoms with Gasteiger partial charge in [0.15, 0.2) is 11.5 Å². The van der Waals surface area contributed by atoms with Gasteiger partial charge in [0.05, 0.1) is 13.3 Å². The van der Waals surface area contributed by atoms with Gasteiger partial charge in [0, 0.05) is 24.8 Å². The van der Waals surface area contributed by atoms with Gasteiger partial charge >= 0.3 is 0 Å². The molecule has 0 saturated heterocycles. The number of carbonyl (C=O) groups is 1. The van der Waals surface area contributed by atoms with Crippen molar-refractivity contribution in [3.05, 3.63) is 36.2 Å². The molecule has 1 aromatic carbocycles. The summed E-state index contributed by atoms with van der Waals surface area (Å²) in [5.74, 6) is 0.902. The molecule has 0 fully saturated rings. The zero-order valence-corrected chi connectivity index (χ0v) is 14.0. The molecule has 1 aromatic heterocycles. The van der Waals surface area contributed by atoms with Gasteiger partial charge in [-0.3, -0.25) is 4.79 Å². The van der Waals surface area contributed by atoms with Gasteiger partial charge in [-0.25, -0.2) is 9.97 Å². The maximum atomic E-state index is 11.6. The Morgan fingerprint density at radius 2 is 2.17 bits per heavy atom. The average molecular weight is 330 g/mol. The van der Waals surface area contributed by atoms with E-state index in [1.165, 1.54) is 6.20 Å². The quantitative estimate of drug-likeness (QED) is 0.670. The molecule has 0 saturated carbocycles. The number of hydrogen-bond donors (Lipinski definition) is 3. The highest BCUT2D eigenvalue weighted by Gasteiger charge is 2.13. The molecule has 0 radical (unpaired) electrons. The SMILES string of the molecule is COc1cccc(Nc2nc(NCCN(C)C)cnc2C(N)=O)c1. The number of anilines is 3. The number of carbonyl (C=O) groups excluding carboxylic acids is 1. The van der Waals surface area contributed by atoms with E-state index in [4.69, 9.17) is 10.5 Å². The molecule has 0 aliphatic carbocycles. The number of rotatable bonds is 8. The number of aromatic nitrogens is 2. The van der Waals surface area contributed by atoms with E-state index in [0.717, 1.165) is 12.2 Å². The van der Waals surface area contributed by atoms with E-state index in [1.807, 2.05) is 37.2 Å². The van der Waals surface area contributed by atoms with E-state index in [9.17, 15) is 4.79 Å². The van der Waals surface area contributed by atoms with Crippen LogP contribution < -0.4 is 21.1 Å². The van der Waals surface area contributed by atoms with Crippen LogP contribution in [0.15, 0.2) is 30.5 Å². The fourth-order valence-electron chi connectivity index (χ4n) is 1.99. The largest absolute Gasteiger partial charge is 0.497 e. The van der Waals surface area contributed by atoms with Crippen LogP contribution in [0.2, 0.25) is 0 Å². The molecule has 0 bridgehead atoms. The van der Waals surface area contributed by atoms with Gasteiger partial charge in [-0.05, 0) is 26.2 Å². The summed E-state index contributed by atoms with van der Waals surface area (Å²) in [6.07, 6.45) is 1.49. The molecule has 0 aliphatic rings. The van der Waals surface area contributed by atoms with Crippen LogP contribution in [0.4, 0.5) is 17.3 Å². The van der Waals surface area contributed by atoms with Gasteiger partial charge < -0.3 is 26.0 Å². The van der Waals surface area contributed by atoms with E-state index in [-0.39, 0.29) is 5.69 Å². The fraction of sp³-hybridized carbons (Fsp3) is 0.312. The Labute approximate surface area is 141 Å². The lowest BCUT2D eigenvalue weighted by atomic mass is 10.3. The molecule has 0 spiro atoms. The Kier molecular flexibility index (Phi) is 5.91. The zero-order valence-electron chi connectivity index (χ0n) is 14.0. The molecule has 2 aromatic rings. The Morgan fingerprint density at radius 1 is 1.38 bits per heavy atom. The minimum atomic E-state index is -0.646. The standard InChI is InChI=1S/C16H22N6O2/c1-22(2)8-7-18-13-10-19-14(15(17)23)16(21-13)20-11-5-4-6-12(9-11)24-3/h4-6,9-10H,7-8H2,1-3H3,(H2,17,23)(H2,18,20,21). The summed E-state index contributed by atoms with van der Waals surface area (Å²) >= 11 is 0. The number of amides is 1. The number of primary amides is 1. The normalized spacial score (nSPS) is 10.5. The number of likely N-dealkylation sites (N-methyl/N-ethyl adjacent to an activating group) is 1. The Balaban J connectivity index is 2.22. The number of methoxy groups -OCH3 is 1. The number of nitrogens with two attached hydrogens (primary N) is 1. The Hall–Kier alpha value is -2.87. The second-order valence-electron chi connectivity index (χ2n) is 5.40. The monoisotopic (exact) mass is 330 g/mol. The van der Waals surface area contributed by atoms with Crippen molar-refractivity contribution in [2.45, 2.75) is 0 Å². The van der Waals surface area contributed by atoms with Gasteiger partial charge in [-0.1, -0.05) is 6.07 Å². The second kappa shape index (κ2) is 8.11. The summed E-state index contributed by atoms with van der Waals surface area (Å²) in [5.41, 5.74) is 6.18. The summed E-state index contributed by atoms with van der Waals surface area (Å²) in [6, 6.07) is 7.28. The van der Waals surface area contributed by atoms with E-state index in [1.54, 1.807) is 13.2 Å². The van der Waals surface area contributed by atoms with Crippen molar-refractivity contribution in [3.8, 4) is 5.75 Å². The van der Waals surface area contributed by atoms with Gasteiger partial charge in [-0.2, -0.15) is 0 Å². The Bertz CT molecular complexity index is 705. The molecule has 0 atom stereocenters. The molecule has 1 heterocycles. The molecule has 4 N–H and O–H groups in total. The van der Waals surface area contributed by atoms with Crippen molar-refractivity contribution in [3.63, 3.8) is 0 Å². The molecule has 8 heteroatoms. The van der Waals surface area contributed by atoms with Crippen LogP contribution in [0.25, 0.3) is 0 Å². The summed E-state index contributed by atoms with van der Waals surface area (Å²) < 4.78 is 5.18. The maximum absolute atomic E-state index is 11.6. The van der Waals surface area contributed by atoms with Crippen molar-refractivity contribution in [1.82, 2.24) is 14.9 Å². The molecule has 1 amide bonds. The molecular formula is C16H22N6O2. The first-order valence-corrected chi connectivity index (χ1v) is 7.46. The molecule has 8 nitrogen and oxygen atoms in total. The minimum absolute atomic E-state index is 0.0796. The van der Waals surface area contributed by atoms with E-state index >= 15 is 0 Å². The van der Waals surface area contributed by atoms with Crippen molar-refractivity contribution in [1.29, 1.82) is 0 Å². The predicted molar refractivity (Wildman–Crippen MR) is 93.9 cm³/mol. The first-order chi connectivity index (χ1) is 11.5. The maximum Gasteiger partial charge on any atom is 0.271 e. The van der Waals surface area contributed by atoms with Crippen molar-refractivity contribution < 1.29 is 9.53 Å². The van der Waals surface area contributed by atoms with Crippen molar-refractivity contribution in [2.75, 3.05) is 44.9 Å². The van der Waals surface area contributed by atoms with Crippen LogP contribution in [0, 0.1) is 0 Å². The lowest BCUT2D eigenvalue weighted by Gasteiger charge is -2.13. The van der Waals surface area contributed by atoms with Crippen molar-refractivity contribution in [2.24, 2.45) is 5.73 Å². The average Bonchev–Trinajstić information content (AvgIpc) is 2.54. The lowest BCUT2D eigenvalue weighted by molar-refractivity contribution is 0.0996. The zero-order chi connectivity index (χ0) is 17.5. The minimum Gasteiger partial charge on any atom is -0.497 e. The Morgan fingerprint density at radius 3 is 2.83 bits per heavy atom. The topological polar surface area (TPSA) is 105 Å². The number of benzene rings is 1. The van der Waals surface area contributed by atoms with Gasteiger partial charge in [0.25, 0.3) is 5.91 Å². The molecule has 128 valence electrons. The second-order valence-corrected chi connectivity index (χ2v) is 5.40. The number of nitrogens with one attached hydrogen (secondary N) is 2. The predicted octanol–water partition coefficient (Wildman–Crippen LogP) is 1.30. The van der Waals surface area contributed by atoms with Crippen LogP contribution in [-0.4, -0.2) is 55.1 Å². The van der Waals surface area contributed by atoms with E-state index in [2.05, 4.69) is 20.6 Å². The summed E-state index contributed by atoms with van der Waals surface area (Å²) in [4.78, 5) is 22.1. The fourth-order valence-corrected chi connectivity index (χ4v) is 1.99. The summed E-state index contributed by atoms with van der Waals surface area (Å²) in [7, 11) is 5.56. The third-order valence-electron chi connectivity index (χ3n) is 3.20. The van der Waals surface area contributed by atoms with E-state index in [0.29, 0.717) is 23.9 Å². The van der Waals surface area contributed by atoms with Crippen molar-refractivity contribution >= 4 is 23.2 Å². The number of hydrogen-bond acceptors (Lipinski definition) is 7. The molecule has 24 heavy (non-hydrogen) atoms. The van der Waals surface area contributed by atoms with Gasteiger partial charge in [0.1, 0.15) is 11.6 Å². The highest BCUT2D eigenvalue weighted by atomic mass is 16.5. The van der Waals surface area contributed by atoms with Crippen LogP contribution in [-0.2, 0) is 0 Å². The van der Waals surface area contributed by atoms with Crippen LogP contribution >= 0.6 is 0 Å². The first-order valence-electron chi connectivity index (χ1n) is 7.46.